The van der Waals surface area contributed by atoms with Crippen molar-refractivity contribution in [2.45, 2.75) is 31.9 Å². The van der Waals surface area contributed by atoms with Crippen molar-refractivity contribution in [3.8, 4) is 0 Å². The molecule has 3 heteroatoms. The Morgan fingerprint density at radius 2 is 2.56 bits per heavy atom. The smallest absolute Gasteiger partial charge is 0.0942 e. The van der Waals surface area contributed by atoms with Gasteiger partial charge in [-0.1, -0.05) is 6.92 Å². The van der Waals surface area contributed by atoms with Gasteiger partial charge in [0.05, 0.1) is 12.7 Å². The standard InChI is InChI=1S/C6H13NO2/c1-2-5-3-6(8)4-9-7-5/h5-8H,2-4H2,1H3. The number of hydrogen-bond acceptors (Lipinski definition) is 3. The van der Waals surface area contributed by atoms with Gasteiger partial charge in [-0.25, -0.2) is 0 Å². The fourth-order valence-electron chi connectivity index (χ4n) is 0.957. The van der Waals surface area contributed by atoms with Crippen molar-refractivity contribution in [3.05, 3.63) is 0 Å². The molecule has 0 radical (unpaired) electrons. The first-order valence-corrected chi connectivity index (χ1v) is 3.38. The molecule has 0 saturated carbocycles. The topological polar surface area (TPSA) is 41.5 Å². The van der Waals surface area contributed by atoms with E-state index in [1.807, 2.05) is 0 Å². The lowest BCUT2D eigenvalue weighted by Gasteiger charge is -2.25. The van der Waals surface area contributed by atoms with Crippen molar-refractivity contribution < 1.29 is 9.94 Å². The summed E-state index contributed by atoms with van der Waals surface area (Å²) in [6, 6.07) is 0.341. The zero-order chi connectivity index (χ0) is 6.69. The second-order valence-electron chi connectivity index (χ2n) is 2.42. The first kappa shape index (κ1) is 6.99. The predicted molar refractivity (Wildman–Crippen MR) is 33.8 cm³/mol. The van der Waals surface area contributed by atoms with Gasteiger partial charge in [-0.2, -0.15) is 5.48 Å². The Bertz CT molecular complexity index is 87.1. The number of hydroxylamine groups is 1. The lowest BCUT2D eigenvalue weighted by atomic mass is 10.1. The van der Waals surface area contributed by atoms with E-state index in [2.05, 4.69) is 12.4 Å². The molecule has 2 N–H and O–H groups in total. The van der Waals surface area contributed by atoms with Gasteiger partial charge in [0.1, 0.15) is 0 Å². The molecular weight excluding hydrogens is 118 g/mol. The van der Waals surface area contributed by atoms with E-state index in [1.54, 1.807) is 0 Å². The number of nitrogens with one attached hydrogen (secondary N) is 1. The summed E-state index contributed by atoms with van der Waals surface area (Å²) < 4.78 is 0. The van der Waals surface area contributed by atoms with Crippen molar-refractivity contribution >= 4 is 0 Å². The highest BCUT2D eigenvalue weighted by atomic mass is 16.7. The van der Waals surface area contributed by atoms with Gasteiger partial charge >= 0.3 is 0 Å². The average molecular weight is 131 g/mol. The van der Waals surface area contributed by atoms with E-state index in [9.17, 15) is 0 Å². The summed E-state index contributed by atoms with van der Waals surface area (Å²) in [6.45, 7) is 2.50. The van der Waals surface area contributed by atoms with Crippen molar-refractivity contribution in [2.24, 2.45) is 0 Å². The van der Waals surface area contributed by atoms with Crippen molar-refractivity contribution in [1.82, 2.24) is 5.48 Å². The second kappa shape index (κ2) is 3.15. The van der Waals surface area contributed by atoms with Crippen LogP contribution in [0.5, 0.6) is 0 Å². The number of aliphatic hydroxyl groups excluding tert-OH is 1. The third kappa shape index (κ3) is 1.93. The number of hydrogen-bond donors (Lipinski definition) is 2. The van der Waals surface area contributed by atoms with Gasteiger partial charge in [-0.3, -0.25) is 4.84 Å². The van der Waals surface area contributed by atoms with Crippen LogP contribution in [0.3, 0.4) is 0 Å². The maximum Gasteiger partial charge on any atom is 0.0942 e. The minimum absolute atomic E-state index is 0.267. The highest BCUT2D eigenvalue weighted by Gasteiger charge is 2.17. The van der Waals surface area contributed by atoms with Gasteiger partial charge in [-0.05, 0) is 12.8 Å². The summed E-state index contributed by atoms with van der Waals surface area (Å²) in [5.41, 5.74) is 2.84. The lowest BCUT2D eigenvalue weighted by Crippen LogP contribution is -2.41. The van der Waals surface area contributed by atoms with Crippen LogP contribution in [0, 0.1) is 0 Å². The second-order valence-corrected chi connectivity index (χ2v) is 2.42. The largest absolute Gasteiger partial charge is 0.391 e. The lowest BCUT2D eigenvalue weighted by molar-refractivity contribution is -0.0834. The minimum Gasteiger partial charge on any atom is -0.391 e. The third-order valence-electron chi connectivity index (χ3n) is 1.58. The molecule has 2 atom stereocenters. The van der Waals surface area contributed by atoms with Crippen LogP contribution in [0.2, 0.25) is 0 Å². The van der Waals surface area contributed by atoms with Gasteiger partial charge in [-0.15, -0.1) is 0 Å². The van der Waals surface area contributed by atoms with Crippen LogP contribution < -0.4 is 5.48 Å². The molecule has 1 fully saturated rings. The van der Waals surface area contributed by atoms with Crippen LogP contribution in [0.25, 0.3) is 0 Å². The Morgan fingerprint density at radius 1 is 1.78 bits per heavy atom. The monoisotopic (exact) mass is 131 g/mol. The summed E-state index contributed by atoms with van der Waals surface area (Å²) in [4.78, 5) is 4.89. The predicted octanol–water partition coefficient (Wildman–Crippen LogP) is 0.0508. The molecule has 0 aromatic rings. The van der Waals surface area contributed by atoms with Gasteiger partial charge < -0.3 is 5.11 Å². The Labute approximate surface area is 55.0 Å². The summed E-state index contributed by atoms with van der Waals surface area (Å²) in [5.74, 6) is 0. The van der Waals surface area contributed by atoms with Gasteiger partial charge in [0.25, 0.3) is 0 Å². The molecule has 1 saturated heterocycles. The maximum absolute atomic E-state index is 9.05. The molecule has 1 rings (SSSR count). The summed E-state index contributed by atoms with van der Waals surface area (Å²) >= 11 is 0. The zero-order valence-corrected chi connectivity index (χ0v) is 5.63. The van der Waals surface area contributed by atoms with E-state index in [1.165, 1.54) is 0 Å². The number of aliphatic hydroxyl groups is 1. The minimum atomic E-state index is -0.267. The summed E-state index contributed by atoms with van der Waals surface area (Å²) in [5, 5.41) is 9.05. The van der Waals surface area contributed by atoms with E-state index >= 15 is 0 Å². The molecule has 1 aliphatic rings. The molecule has 3 nitrogen and oxygen atoms in total. The van der Waals surface area contributed by atoms with Crippen molar-refractivity contribution in [3.63, 3.8) is 0 Å². The van der Waals surface area contributed by atoms with Crippen LogP contribution in [0.1, 0.15) is 19.8 Å². The SMILES string of the molecule is CCC1CC(O)CON1. The molecule has 0 amide bonds. The van der Waals surface area contributed by atoms with Crippen LogP contribution in [0.4, 0.5) is 0 Å². The average Bonchev–Trinajstić information content (AvgIpc) is 1.88. The highest BCUT2D eigenvalue weighted by molar-refractivity contribution is 4.69. The summed E-state index contributed by atoms with van der Waals surface area (Å²) in [7, 11) is 0. The highest BCUT2D eigenvalue weighted by Crippen LogP contribution is 2.06. The van der Waals surface area contributed by atoms with E-state index in [0.717, 1.165) is 12.8 Å². The van der Waals surface area contributed by atoms with E-state index in [4.69, 9.17) is 9.94 Å². The maximum atomic E-state index is 9.05. The van der Waals surface area contributed by atoms with E-state index in [-0.39, 0.29) is 6.10 Å². The molecule has 0 spiro atoms. The fourth-order valence-corrected chi connectivity index (χ4v) is 0.957. The number of rotatable bonds is 1. The first-order chi connectivity index (χ1) is 4.33. The van der Waals surface area contributed by atoms with Crippen LogP contribution in [-0.2, 0) is 4.84 Å². The summed E-state index contributed by atoms with van der Waals surface area (Å²) in [6.07, 6.45) is 1.56. The molecule has 1 heterocycles. The molecule has 54 valence electrons. The van der Waals surface area contributed by atoms with Gasteiger partial charge in [0, 0.05) is 6.04 Å². The Kier molecular flexibility index (Phi) is 2.45. The van der Waals surface area contributed by atoms with Crippen LogP contribution in [0.15, 0.2) is 0 Å². The normalized spacial score (nSPS) is 36.7. The molecule has 0 bridgehead atoms. The van der Waals surface area contributed by atoms with Gasteiger partial charge in [0.15, 0.2) is 0 Å². The molecule has 1 aliphatic heterocycles. The fraction of sp³-hybridized carbons (Fsp3) is 1.00. The quantitative estimate of drug-likeness (QED) is 0.528. The van der Waals surface area contributed by atoms with Crippen molar-refractivity contribution in [2.75, 3.05) is 6.61 Å². The Morgan fingerprint density at radius 3 is 3.00 bits per heavy atom. The molecule has 2 unspecified atom stereocenters. The van der Waals surface area contributed by atoms with Gasteiger partial charge in [0.2, 0.25) is 0 Å². The van der Waals surface area contributed by atoms with Crippen LogP contribution >= 0.6 is 0 Å². The van der Waals surface area contributed by atoms with E-state index in [0.29, 0.717) is 12.6 Å². The first-order valence-electron chi connectivity index (χ1n) is 3.38. The van der Waals surface area contributed by atoms with E-state index < -0.39 is 0 Å². The molecule has 0 aliphatic carbocycles. The Balaban J connectivity index is 2.23. The Hall–Kier alpha value is -0.120. The zero-order valence-electron chi connectivity index (χ0n) is 5.63. The molecule has 9 heavy (non-hydrogen) atoms. The third-order valence-corrected chi connectivity index (χ3v) is 1.58. The van der Waals surface area contributed by atoms with Crippen LogP contribution in [-0.4, -0.2) is 23.9 Å². The molecular formula is C6H13NO2. The molecule has 0 aromatic heterocycles. The van der Waals surface area contributed by atoms with Crippen molar-refractivity contribution in [1.29, 1.82) is 0 Å². The molecule has 0 aromatic carbocycles.